The van der Waals surface area contributed by atoms with Crippen LogP contribution in [-0.2, 0) is 0 Å². The minimum Gasteiger partial charge on any atom is -0.456 e. The summed E-state index contributed by atoms with van der Waals surface area (Å²) in [5.41, 5.74) is 5.20. The molecule has 2 N–H and O–H groups in total. The van der Waals surface area contributed by atoms with Crippen LogP contribution in [0.4, 0.5) is 15.8 Å². The first kappa shape index (κ1) is 13.1. The maximum absolute atomic E-state index is 13.0. The molecule has 19 heavy (non-hydrogen) atoms. The van der Waals surface area contributed by atoms with Gasteiger partial charge in [-0.15, -0.1) is 0 Å². The number of non-ortho nitro benzene ring substituents is 1. The van der Waals surface area contributed by atoms with Crippen molar-refractivity contribution in [1.82, 2.24) is 0 Å². The van der Waals surface area contributed by atoms with Crippen LogP contribution in [0.25, 0.3) is 0 Å². The Morgan fingerprint density at radius 2 is 2.00 bits per heavy atom. The molecule has 0 heterocycles. The van der Waals surface area contributed by atoms with Crippen molar-refractivity contribution in [2.75, 3.05) is 5.73 Å². The molecule has 2 aromatic carbocycles. The summed E-state index contributed by atoms with van der Waals surface area (Å²) in [5.74, 6) is -0.0462. The van der Waals surface area contributed by atoms with Gasteiger partial charge in [0.25, 0.3) is 5.69 Å². The molecule has 0 aliphatic rings. The fourth-order valence-electron chi connectivity index (χ4n) is 1.40. The number of ether oxygens (including phenoxy) is 1. The van der Waals surface area contributed by atoms with Crippen LogP contribution in [0.1, 0.15) is 0 Å². The van der Waals surface area contributed by atoms with Crippen LogP contribution in [-0.4, -0.2) is 4.92 Å². The number of nitro groups is 1. The van der Waals surface area contributed by atoms with Crippen LogP contribution in [0.2, 0.25) is 5.02 Å². The lowest BCUT2D eigenvalue weighted by molar-refractivity contribution is -0.384. The molecule has 0 radical (unpaired) electrons. The summed E-state index contributed by atoms with van der Waals surface area (Å²) >= 11 is 5.86. The van der Waals surface area contributed by atoms with Crippen molar-refractivity contribution in [2.45, 2.75) is 0 Å². The van der Waals surface area contributed by atoms with Gasteiger partial charge in [-0.2, -0.15) is 0 Å². The van der Waals surface area contributed by atoms with Gasteiger partial charge in [0.15, 0.2) is 0 Å². The molecule has 0 aliphatic heterocycles. The van der Waals surface area contributed by atoms with E-state index in [0.717, 1.165) is 6.07 Å². The summed E-state index contributed by atoms with van der Waals surface area (Å²) < 4.78 is 18.4. The Bertz CT molecular complexity index is 649. The largest absolute Gasteiger partial charge is 0.456 e. The van der Waals surface area contributed by atoms with Crippen molar-refractivity contribution in [3.8, 4) is 11.5 Å². The van der Waals surface area contributed by atoms with Crippen LogP contribution in [0, 0.1) is 15.9 Å². The fourth-order valence-corrected chi connectivity index (χ4v) is 1.61. The van der Waals surface area contributed by atoms with Gasteiger partial charge in [-0.05, 0) is 18.2 Å². The third-order valence-corrected chi connectivity index (χ3v) is 2.62. The Kier molecular flexibility index (Phi) is 3.52. The van der Waals surface area contributed by atoms with Crippen LogP contribution in [0.3, 0.4) is 0 Å². The molecule has 0 amide bonds. The molecular weight excluding hydrogens is 275 g/mol. The summed E-state index contributed by atoms with van der Waals surface area (Å²) in [6.45, 7) is 0. The number of hydrogen-bond acceptors (Lipinski definition) is 4. The molecular formula is C12H8ClFN2O3. The SMILES string of the molecule is Nc1cc(Oc2ccc([N+](=O)[O-])cc2Cl)ccc1F. The van der Waals surface area contributed by atoms with E-state index in [4.69, 9.17) is 22.1 Å². The molecule has 0 fully saturated rings. The van der Waals surface area contributed by atoms with Crippen LogP contribution in [0.15, 0.2) is 36.4 Å². The number of halogens is 2. The highest BCUT2D eigenvalue weighted by molar-refractivity contribution is 6.32. The number of nitrogens with zero attached hydrogens (tertiary/aromatic N) is 1. The lowest BCUT2D eigenvalue weighted by Gasteiger charge is -2.08. The van der Waals surface area contributed by atoms with Crippen molar-refractivity contribution >= 4 is 23.0 Å². The third-order valence-electron chi connectivity index (χ3n) is 2.32. The predicted octanol–water partition coefficient (Wildman–Crippen LogP) is 3.76. The predicted molar refractivity (Wildman–Crippen MR) is 69.0 cm³/mol. The first-order valence-electron chi connectivity index (χ1n) is 5.14. The van der Waals surface area contributed by atoms with E-state index in [9.17, 15) is 14.5 Å². The summed E-state index contributed by atoms with van der Waals surface area (Å²) in [6.07, 6.45) is 0. The Balaban J connectivity index is 2.28. The second-order valence-corrected chi connectivity index (χ2v) is 4.06. The average Bonchev–Trinajstić information content (AvgIpc) is 2.36. The minimum absolute atomic E-state index is 0.0597. The van der Waals surface area contributed by atoms with Gasteiger partial charge >= 0.3 is 0 Å². The van der Waals surface area contributed by atoms with Crippen molar-refractivity contribution < 1.29 is 14.1 Å². The molecule has 0 aliphatic carbocycles. The number of anilines is 1. The fraction of sp³-hybridized carbons (Fsp3) is 0. The number of nitro benzene ring substituents is 1. The van der Waals surface area contributed by atoms with Gasteiger partial charge in [0.05, 0.1) is 15.6 Å². The zero-order chi connectivity index (χ0) is 14.0. The van der Waals surface area contributed by atoms with E-state index < -0.39 is 10.7 Å². The van der Waals surface area contributed by atoms with E-state index in [1.807, 2.05) is 0 Å². The Morgan fingerprint density at radius 3 is 2.58 bits per heavy atom. The standard InChI is InChI=1S/C12H8ClFN2O3/c13-9-5-7(16(17)18)1-4-12(9)19-8-2-3-10(14)11(15)6-8/h1-6H,15H2. The molecule has 0 bridgehead atoms. The Morgan fingerprint density at radius 1 is 1.26 bits per heavy atom. The smallest absolute Gasteiger partial charge is 0.271 e. The van der Waals surface area contributed by atoms with Gasteiger partial charge in [0.1, 0.15) is 17.3 Å². The third kappa shape index (κ3) is 2.92. The van der Waals surface area contributed by atoms with Gasteiger partial charge in [-0.25, -0.2) is 4.39 Å². The van der Waals surface area contributed by atoms with E-state index in [1.54, 1.807) is 0 Å². The molecule has 0 aromatic heterocycles. The lowest BCUT2D eigenvalue weighted by Crippen LogP contribution is -1.93. The van der Waals surface area contributed by atoms with Gasteiger partial charge in [0, 0.05) is 18.2 Å². The van der Waals surface area contributed by atoms with E-state index >= 15 is 0 Å². The van der Waals surface area contributed by atoms with Crippen molar-refractivity contribution in [3.05, 3.63) is 57.4 Å². The van der Waals surface area contributed by atoms with Crippen LogP contribution in [0.5, 0.6) is 11.5 Å². The number of nitrogens with two attached hydrogens (primary N) is 1. The van der Waals surface area contributed by atoms with Crippen LogP contribution < -0.4 is 10.5 Å². The molecule has 0 saturated heterocycles. The highest BCUT2D eigenvalue weighted by Crippen LogP contribution is 2.33. The van der Waals surface area contributed by atoms with Gasteiger partial charge in [-0.3, -0.25) is 10.1 Å². The topological polar surface area (TPSA) is 78.4 Å². The van der Waals surface area contributed by atoms with E-state index in [1.165, 1.54) is 30.3 Å². The molecule has 0 spiro atoms. The maximum atomic E-state index is 13.0. The molecule has 98 valence electrons. The molecule has 0 unspecified atom stereocenters. The minimum atomic E-state index is -0.564. The highest BCUT2D eigenvalue weighted by atomic mass is 35.5. The summed E-state index contributed by atoms with van der Waals surface area (Å²) in [5, 5.41) is 10.6. The van der Waals surface area contributed by atoms with Crippen LogP contribution >= 0.6 is 11.6 Å². The van der Waals surface area contributed by atoms with Crippen molar-refractivity contribution in [3.63, 3.8) is 0 Å². The highest BCUT2D eigenvalue weighted by Gasteiger charge is 2.11. The van der Waals surface area contributed by atoms with E-state index in [0.29, 0.717) is 0 Å². The Labute approximate surface area is 112 Å². The zero-order valence-corrected chi connectivity index (χ0v) is 10.2. The Hall–Kier alpha value is -2.34. The number of rotatable bonds is 3. The second kappa shape index (κ2) is 5.11. The first-order chi connectivity index (χ1) is 8.97. The molecule has 0 atom stereocenters. The second-order valence-electron chi connectivity index (χ2n) is 3.66. The van der Waals surface area contributed by atoms with Crippen molar-refractivity contribution in [1.29, 1.82) is 0 Å². The maximum Gasteiger partial charge on any atom is 0.271 e. The lowest BCUT2D eigenvalue weighted by atomic mass is 10.3. The van der Waals surface area contributed by atoms with E-state index in [2.05, 4.69) is 0 Å². The van der Waals surface area contributed by atoms with Gasteiger partial charge in [0.2, 0.25) is 0 Å². The van der Waals surface area contributed by atoms with Crippen molar-refractivity contribution in [2.24, 2.45) is 0 Å². The first-order valence-corrected chi connectivity index (χ1v) is 5.52. The monoisotopic (exact) mass is 282 g/mol. The zero-order valence-electron chi connectivity index (χ0n) is 9.47. The number of hydrogen-bond donors (Lipinski definition) is 1. The number of nitrogen functional groups attached to an aromatic ring is 1. The molecule has 2 rings (SSSR count). The summed E-state index contributed by atoms with van der Waals surface area (Å²) in [6, 6.07) is 7.62. The summed E-state index contributed by atoms with van der Waals surface area (Å²) in [4.78, 5) is 9.99. The number of benzene rings is 2. The average molecular weight is 283 g/mol. The van der Waals surface area contributed by atoms with E-state index in [-0.39, 0.29) is 27.9 Å². The molecule has 7 heteroatoms. The molecule has 0 saturated carbocycles. The normalized spacial score (nSPS) is 10.2. The van der Waals surface area contributed by atoms with Gasteiger partial charge in [-0.1, -0.05) is 11.6 Å². The van der Waals surface area contributed by atoms with Gasteiger partial charge < -0.3 is 10.5 Å². The quantitative estimate of drug-likeness (QED) is 0.528. The molecule has 5 nitrogen and oxygen atoms in total. The summed E-state index contributed by atoms with van der Waals surface area (Å²) in [7, 11) is 0. The molecule has 2 aromatic rings.